The van der Waals surface area contributed by atoms with E-state index in [1.165, 1.54) is 17.5 Å². The van der Waals surface area contributed by atoms with E-state index in [9.17, 15) is 0 Å². The number of thiophene rings is 1. The van der Waals surface area contributed by atoms with Crippen molar-refractivity contribution in [1.82, 2.24) is 24.7 Å². The van der Waals surface area contributed by atoms with Crippen LogP contribution in [0.4, 0.5) is 5.82 Å². The van der Waals surface area contributed by atoms with Gasteiger partial charge in [0.15, 0.2) is 0 Å². The predicted octanol–water partition coefficient (Wildman–Crippen LogP) is 2.20. The van der Waals surface area contributed by atoms with E-state index in [0.717, 1.165) is 31.0 Å². The smallest absolute Gasteiger partial charge is 0.150 e. The van der Waals surface area contributed by atoms with Gasteiger partial charge < -0.3 is 4.90 Å². The minimum Gasteiger partial charge on any atom is -0.355 e. The summed E-state index contributed by atoms with van der Waals surface area (Å²) in [5, 5.41) is 6.30. The van der Waals surface area contributed by atoms with E-state index in [1.54, 1.807) is 30.3 Å². The SMILES string of the molecule is c1nc(N2CCC[C@@H](Cn3cncn3)C2)c2sccc2n1. The Morgan fingerprint density at radius 3 is 3.19 bits per heavy atom. The van der Waals surface area contributed by atoms with Gasteiger partial charge in [-0.05, 0) is 30.2 Å². The van der Waals surface area contributed by atoms with E-state index in [0.29, 0.717) is 5.92 Å². The monoisotopic (exact) mass is 300 g/mol. The van der Waals surface area contributed by atoms with Gasteiger partial charge in [0.05, 0.1) is 10.2 Å². The molecule has 1 atom stereocenters. The van der Waals surface area contributed by atoms with Crippen LogP contribution in [0.1, 0.15) is 12.8 Å². The van der Waals surface area contributed by atoms with Crippen LogP contribution in [0.15, 0.2) is 30.4 Å². The molecule has 1 saturated heterocycles. The molecule has 3 aromatic rings. The minimum absolute atomic E-state index is 0.588. The van der Waals surface area contributed by atoms with Crippen LogP contribution < -0.4 is 4.90 Å². The zero-order valence-corrected chi connectivity index (χ0v) is 12.4. The number of hydrogen-bond acceptors (Lipinski definition) is 6. The van der Waals surface area contributed by atoms with Crippen LogP contribution in [0.5, 0.6) is 0 Å². The van der Waals surface area contributed by atoms with Crippen molar-refractivity contribution in [2.24, 2.45) is 5.92 Å². The molecule has 0 aliphatic carbocycles. The van der Waals surface area contributed by atoms with Crippen LogP contribution >= 0.6 is 11.3 Å². The van der Waals surface area contributed by atoms with Gasteiger partial charge in [0, 0.05) is 19.6 Å². The van der Waals surface area contributed by atoms with Crippen molar-refractivity contribution in [1.29, 1.82) is 0 Å². The van der Waals surface area contributed by atoms with Gasteiger partial charge in [0.1, 0.15) is 24.8 Å². The zero-order valence-electron chi connectivity index (χ0n) is 11.6. The number of nitrogens with zero attached hydrogens (tertiary/aromatic N) is 6. The summed E-state index contributed by atoms with van der Waals surface area (Å²) in [5.74, 6) is 1.67. The molecule has 21 heavy (non-hydrogen) atoms. The molecule has 6 nitrogen and oxygen atoms in total. The lowest BCUT2D eigenvalue weighted by Crippen LogP contribution is -2.37. The van der Waals surface area contributed by atoms with Crippen LogP contribution in [0.25, 0.3) is 10.2 Å². The highest BCUT2D eigenvalue weighted by Crippen LogP contribution is 2.31. The van der Waals surface area contributed by atoms with E-state index in [1.807, 2.05) is 4.68 Å². The topological polar surface area (TPSA) is 59.7 Å². The lowest BCUT2D eigenvalue weighted by molar-refractivity contribution is 0.351. The van der Waals surface area contributed by atoms with Crippen molar-refractivity contribution in [3.63, 3.8) is 0 Å². The number of aromatic nitrogens is 5. The van der Waals surface area contributed by atoms with E-state index in [4.69, 9.17) is 0 Å². The molecule has 0 saturated carbocycles. The van der Waals surface area contributed by atoms with Gasteiger partial charge in [-0.2, -0.15) is 5.10 Å². The lowest BCUT2D eigenvalue weighted by atomic mass is 9.98. The maximum absolute atomic E-state index is 4.52. The van der Waals surface area contributed by atoms with Gasteiger partial charge in [-0.15, -0.1) is 11.3 Å². The summed E-state index contributed by atoms with van der Waals surface area (Å²) < 4.78 is 3.12. The fraction of sp³-hybridized carbons (Fsp3) is 0.429. The van der Waals surface area contributed by atoms with Gasteiger partial charge in [-0.25, -0.2) is 15.0 Å². The van der Waals surface area contributed by atoms with Gasteiger partial charge in [0.25, 0.3) is 0 Å². The normalized spacial score (nSPS) is 19.2. The molecule has 0 bridgehead atoms. The molecule has 1 aliphatic rings. The van der Waals surface area contributed by atoms with Crippen molar-refractivity contribution < 1.29 is 0 Å². The molecule has 1 fully saturated rings. The Labute approximate surface area is 126 Å². The third kappa shape index (κ3) is 2.49. The number of rotatable bonds is 3. The minimum atomic E-state index is 0.588. The van der Waals surface area contributed by atoms with Crippen LogP contribution in [-0.2, 0) is 6.54 Å². The molecule has 3 aromatic heterocycles. The fourth-order valence-corrected chi connectivity index (χ4v) is 3.86. The summed E-state index contributed by atoms with van der Waals surface area (Å²) in [6.07, 6.45) is 7.48. The predicted molar refractivity (Wildman–Crippen MR) is 82.4 cm³/mol. The summed E-state index contributed by atoms with van der Waals surface area (Å²) in [5.41, 5.74) is 1.04. The molecule has 0 spiro atoms. The van der Waals surface area contributed by atoms with E-state index < -0.39 is 0 Å². The number of fused-ring (bicyclic) bond motifs is 1. The number of piperidine rings is 1. The molecule has 0 N–H and O–H groups in total. The Bertz CT molecular complexity index is 722. The Morgan fingerprint density at radius 2 is 2.29 bits per heavy atom. The summed E-state index contributed by atoms with van der Waals surface area (Å²) in [4.78, 5) is 15.3. The van der Waals surface area contributed by atoms with Crippen molar-refractivity contribution in [3.05, 3.63) is 30.4 Å². The van der Waals surface area contributed by atoms with Gasteiger partial charge in [0.2, 0.25) is 0 Å². The summed E-state index contributed by atoms with van der Waals surface area (Å²) in [6, 6.07) is 2.06. The van der Waals surface area contributed by atoms with Crippen molar-refractivity contribution >= 4 is 27.4 Å². The highest BCUT2D eigenvalue weighted by atomic mass is 32.1. The molecule has 0 unspecified atom stereocenters. The first-order valence-corrected chi connectivity index (χ1v) is 8.03. The molecule has 0 amide bonds. The van der Waals surface area contributed by atoms with E-state index in [-0.39, 0.29) is 0 Å². The Balaban J connectivity index is 1.56. The zero-order chi connectivity index (χ0) is 14.1. The second-order valence-electron chi connectivity index (χ2n) is 5.40. The average molecular weight is 300 g/mol. The summed E-state index contributed by atoms with van der Waals surface area (Å²) in [6.45, 7) is 3.01. The van der Waals surface area contributed by atoms with E-state index >= 15 is 0 Å². The van der Waals surface area contributed by atoms with E-state index in [2.05, 4.69) is 36.4 Å². The maximum atomic E-state index is 4.52. The molecule has 1 aliphatic heterocycles. The second kappa shape index (κ2) is 5.40. The fourth-order valence-electron chi connectivity index (χ4n) is 3.00. The Morgan fingerprint density at radius 1 is 1.29 bits per heavy atom. The first-order valence-electron chi connectivity index (χ1n) is 7.16. The van der Waals surface area contributed by atoms with Crippen LogP contribution in [0, 0.1) is 5.92 Å². The van der Waals surface area contributed by atoms with Crippen molar-refractivity contribution in [3.8, 4) is 0 Å². The molecule has 0 aromatic carbocycles. The third-order valence-electron chi connectivity index (χ3n) is 3.95. The van der Waals surface area contributed by atoms with Gasteiger partial charge >= 0.3 is 0 Å². The van der Waals surface area contributed by atoms with Gasteiger partial charge in [-0.1, -0.05) is 0 Å². The molecular formula is C14H16N6S. The third-order valence-corrected chi connectivity index (χ3v) is 4.85. The van der Waals surface area contributed by atoms with Gasteiger partial charge in [-0.3, -0.25) is 4.68 Å². The molecule has 0 radical (unpaired) electrons. The number of hydrogen-bond donors (Lipinski definition) is 0. The number of anilines is 1. The first-order chi connectivity index (χ1) is 10.4. The lowest BCUT2D eigenvalue weighted by Gasteiger charge is -2.33. The maximum Gasteiger partial charge on any atom is 0.150 e. The Kier molecular flexibility index (Phi) is 3.27. The second-order valence-corrected chi connectivity index (χ2v) is 6.32. The van der Waals surface area contributed by atoms with Crippen LogP contribution in [-0.4, -0.2) is 37.8 Å². The average Bonchev–Trinajstić information content (AvgIpc) is 3.18. The summed E-state index contributed by atoms with van der Waals surface area (Å²) >= 11 is 1.72. The van der Waals surface area contributed by atoms with Crippen LogP contribution in [0.3, 0.4) is 0 Å². The molecular weight excluding hydrogens is 284 g/mol. The first kappa shape index (κ1) is 12.7. The standard InChI is InChI=1S/C14H16N6S/c1-2-11(7-20-10-15-8-18-20)6-19(4-1)14-13-12(3-5-21-13)16-9-17-14/h3,5,8-11H,1-2,4,6-7H2/t11-/m1/s1. The van der Waals surface area contributed by atoms with Crippen molar-refractivity contribution in [2.75, 3.05) is 18.0 Å². The molecule has 108 valence electrons. The molecule has 7 heteroatoms. The highest BCUT2D eigenvalue weighted by Gasteiger charge is 2.23. The largest absolute Gasteiger partial charge is 0.355 e. The Hall–Kier alpha value is -2.02. The highest BCUT2D eigenvalue weighted by molar-refractivity contribution is 7.17. The van der Waals surface area contributed by atoms with Crippen molar-refractivity contribution in [2.45, 2.75) is 19.4 Å². The molecule has 4 rings (SSSR count). The quantitative estimate of drug-likeness (QED) is 0.742. The van der Waals surface area contributed by atoms with Crippen LogP contribution in [0.2, 0.25) is 0 Å². The molecule has 4 heterocycles. The summed E-state index contributed by atoms with van der Waals surface area (Å²) in [7, 11) is 0.